The molecule has 1 heterocycles. The Bertz CT molecular complexity index is 606. The highest BCUT2D eigenvalue weighted by atomic mass is 35.5. The molecule has 1 aromatic heterocycles. The van der Waals surface area contributed by atoms with Gasteiger partial charge in [0.1, 0.15) is 0 Å². The Hall–Kier alpha value is -1.57. The number of hydrogen-bond acceptors (Lipinski definition) is 6. The first-order valence-corrected chi connectivity index (χ1v) is 7.68. The zero-order chi connectivity index (χ0) is 15.1. The first-order valence-electron chi connectivity index (χ1n) is 6.70. The minimum absolute atomic E-state index is 0. The largest absolute Gasteiger partial charge is 0.352 e. The fourth-order valence-corrected chi connectivity index (χ4v) is 2.60. The summed E-state index contributed by atoms with van der Waals surface area (Å²) in [5, 5.41) is 6.60. The van der Waals surface area contributed by atoms with Crippen molar-refractivity contribution < 1.29 is 9.32 Å². The van der Waals surface area contributed by atoms with E-state index >= 15 is 0 Å². The van der Waals surface area contributed by atoms with Crippen molar-refractivity contribution in [2.75, 3.05) is 13.1 Å². The van der Waals surface area contributed by atoms with Gasteiger partial charge in [-0.25, -0.2) is 0 Å². The second-order valence-electron chi connectivity index (χ2n) is 4.42. The number of carbonyl (C=O) groups is 1. The van der Waals surface area contributed by atoms with E-state index in [1.165, 1.54) is 11.8 Å². The van der Waals surface area contributed by atoms with E-state index in [0.717, 1.165) is 11.3 Å². The maximum Gasteiger partial charge on any atom is 0.252 e. The molecule has 22 heavy (non-hydrogen) atoms. The van der Waals surface area contributed by atoms with E-state index in [0.29, 0.717) is 36.1 Å². The van der Waals surface area contributed by atoms with Crippen molar-refractivity contribution in [1.29, 1.82) is 0 Å². The van der Waals surface area contributed by atoms with E-state index in [9.17, 15) is 4.79 Å². The van der Waals surface area contributed by atoms with Crippen LogP contribution < -0.4 is 11.1 Å². The molecule has 0 aliphatic heterocycles. The number of thioether (sulfide) groups is 1. The zero-order valence-corrected chi connectivity index (χ0v) is 13.9. The zero-order valence-electron chi connectivity index (χ0n) is 12.2. The van der Waals surface area contributed by atoms with Gasteiger partial charge < -0.3 is 15.6 Å². The van der Waals surface area contributed by atoms with Crippen molar-refractivity contribution in [3.63, 3.8) is 0 Å². The second kappa shape index (κ2) is 9.45. The molecule has 3 N–H and O–H groups in total. The summed E-state index contributed by atoms with van der Waals surface area (Å²) >= 11 is 1.50. The lowest BCUT2D eigenvalue weighted by Gasteiger charge is -2.08. The molecule has 2 aromatic rings. The first kappa shape index (κ1) is 18.5. The number of nitrogens with two attached hydrogens (primary N) is 1. The average molecular weight is 343 g/mol. The number of rotatable bonds is 7. The molecule has 0 spiro atoms. The molecule has 0 aliphatic carbocycles. The lowest BCUT2D eigenvalue weighted by atomic mass is 10.2. The van der Waals surface area contributed by atoms with Crippen LogP contribution >= 0.6 is 24.2 Å². The van der Waals surface area contributed by atoms with Crippen molar-refractivity contribution >= 4 is 30.1 Å². The Balaban J connectivity index is 0.00000242. The van der Waals surface area contributed by atoms with Crippen molar-refractivity contribution in [3.8, 4) is 0 Å². The minimum atomic E-state index is -0.0896. The fraction of sp³-hybridized carbons (Fsp3) is 0.357. The Kier molecular flexibility index (Phi) is 7.94. The number of amides is 1. The number of aromatic nitrogens is 2. The van der Waals surface area contributed by atoms with Crippen LogP contribution in [0.1, 0.15) is 28.5 Å². The van der Waals surface area contributed by atoms with E-state index in [1.807, 2.05) is 18.2 Å². The molecular weight excluding hydrogens is 324 g/mol. The normalized spacial score (nSPS) is 10.1. The smallest absolute Gasteiger partial charge is 0.252 e. The number of benzene rings is 1. The van der Waals surface area contributed by atoms with Crippen molar-refractivity contribution in [2.45, 2.75) is 24.0 Å². The van der Waals surface area contributed by atoms with Gasteiger partial charge in [0.25, 0.3) is 5.91 Å². The van der Waals surface area contributed by atoms with Gasteiger partial charge in [-0.3, -0.25) is 4.79 Å². The summed E-state index contributed by atoms with van der Waals surface area (Å²) in [6, 6.07) is 7.46. The fourth-order valence-electron chi connectivity index (χ4n) is 1.72. The Morgan fingerprint density at radius 3 is 2.86 bits per heavy atom. The third-order valence-electron chi connectivity index (χ3n) is 2.72. The Morgan fingerprint density at radius 2 is 2.18 bits per heavy atom. The Morgan fingerprint density at radius 1 is 1.41 bits per heavy atom. The summed E-state index contributed by atoms with van der Waals surface area (Å²) in [4.78, 5) is 17.2. The predicted octanol–water partition coefficient (Wildman–Crippen LogP) is 2.17. The van der Waals surface area contributed by atoms with Crippen LogP contribution in [-0.4, -0.2) is 29.1 Å². The molecule has 1 amide bonds. The lowest BCUT2D eigenvalue weighted by Crippen LogP contribution is -2.26. The SMILES string of the molecule is Cc1noc(CSc2ccccc2C(=O)NCCCN)n1.Cl. The Labute approximate surface area is 139 Å². The topological polar surface area (TPSA) is 94.0 Å². The first-order chi connectivity index (χ1) is 10.2. The molecule has 0 saturated carbocycles. The quantitative estimate of drug-likeness (QED) is 0.591. The highest BCUT2D eigenvalue weighted by molar-refractivity contribution is 7.98. The summed E-state index contributed by atoms with van der Waals surface area (Å²) in [6.45, 7) is 2.92. The van der Waals surface area contributed by atoms with Crippen molar-refractivity contribution in [2.24, 2.45) is 5.73 Å². The van der Waals surface area contributed by atoms with Gasteiger partial charge in [0, 0.05) is 11.4 Å². The third kappa shape index (κ3) is 5.32. The van der Waals surface area contributed by atoms with Crippen LogP contribution in [0.2, 0.25) is 0 Å². The van der Waals surface area contributed by atoms with Gasteiger partial charge >= 0.3 is 0 Å². The van der Waals surface area contributed by atoms with E-state index in [1.54, 1.807) is 13.0 Å². The van der Waals surface area contributed by atoms with E-state index in [2.05, 4.69) is 15.5 Å². The number of hydrogen-bond donors (Lipinski definition) is 2. The summed E-state index contributed by atoms with van der Waals surface area (Å²) < 4.78 is 5.07. The number of nitrogens with one attached hydrogen (secondary N) is 1. The molecule has 8 heteroatoms. The molecule has 0 saturated heterocycles. The molecule has 120 valence electrons. The van der Waals surface area contributed by atoms with E-state index < -0.39 is 0 Å². The maximum absolute atomic E-state index is 12.1. The molecule has 0 fully saturated rings. The molecule has 0 unspecified atom stereocenters. The molecule has 0 radical (unpaired) electrons. The summed E-state index contributed by atoms with van der Waals surface area (Å²) in [5.41, 5.74) is 6.07. The van der Waals surface area contributed by atoms with Crippen LogP contribution in [0.5, 0.6) is 0 Å². The van der Waals surface area contributed by atoms with Gasteiger partial charge in [0.15, 0.2) is 5.82 Å². The van der Waals surface area contributed by atoms with E-state index in [4.69, 9.17) is 10.3 Å². The highest BCUT2D eigenvalue weighted by Gasteiger charge is 2.12. The monoisotopic (exact) mass is 342 g/mol. The van der Waals surface area contributed by atoms with Crippen molar-refractivity contribution in [3.05, 3.63) is 41.5 Å². The van der Waals surface area contributed by atoms with Crippen LogP contribution in [0.3, 0.4) is 0 Å². The van der Waals surface area contributed by atoms with Gasteiger partial charge in [0.05, 0.1) is 11.3 Å². The standard InChI is InChI=1S/C14H18N4O2S.ClH/c1-10-17-13(20-18-10)9-21-12-6-3-2-5-11(12)14(19)16-8-4-7-15;/h2-3,5-6H,4,7-9,15H2,1H3,(H,16,19);1H. The van der Waals surface area contributed by atoms with Crippen LogP contribution in [0.25, 0.3) is 0 Å². The molecule has 6 nitrogen and oxygen atoms in total. The van der Waals surface area contributed by atoms with Gasteiger partial charge in [-0.1, -0.05) is 17.3 Å². The summed E-state index contributed by atoms with van der Waals surface area (Å²) in [5.74, 6) is 1.61. The molecule has 0 bridgehead atoms. The van der Waals surface area contributed by atoms with E-state index in [-0.39, 0.29) is 18.3 Å². The number of aryl methyl sites for hydroxylation is 1. The van der Waals surface area contributed by atoms with Gasteiger partial charge in [-0.15, -0.1) is 24.2 Å². The van der Waals surface area contributed by atoms with Gasteiger partial charge in [0.2, 0.25) is 5.89 Å². The summed E-state index contributed by atoms with van der Waals surface area (Å²) in [7, 11) is 0. The minimum Gasteiger partial charge on any atom is -0.352 e. The number of carbonyl (C=O) groups excluding carboxylic acids is 1. The van der Waals surface area contributed by atoms with Gasteiger partial charge in [-0.2, -0.15) is 4.98 Å². The number of nitrogens with zero attached hydrogens (tertiary/aromatic N) is 2. The molecule has 2 rings (SSSR count). The number of halogens is 1. The third-order valence-corrected chi connectivity index (χ3v) is 3.78. The van der Waals surface area contributed by atoms with Crippen LogP contribution in [-0.2, 0) is 5.75 Å². The van der Waals surface area contributed by atoms with Crippen molar-refractivity contribution in [1.82, 2.24) is 15.5 Å². The summed E-state index contributed by atoms with van der Waals surface area (Å²) in [6.07, 6.45) is 0.766. The van der Waals surface area contributed by atoms with Crippen LogP contribution in [0.15, 0.2) is 33.7 Å². The average Bonchev–Trinajstić information content (AvgIpc) is 2.91. The predicted molar refractivity (Wildman–Crippen MR) is 88.3 cm³/mol. The molecular formula is C14H19ClN4O2S. The lowest BCUT2D eigenvalue weighted by molar-refractivity contribution is 0.0950. The second-order valence-corrected chi connectivity index (χ2v) is 5.44. The highest BCUT2D eigenvalue weighted by Crippen LogP contribution is 2.25. The van der Waals surface area contributed by atoms with Gasteiger partial charge in [-0.05, 0) is 32.0 Å². The molecule has 0 atom stereocenters. The van der Waals surface area contributed by atoms with Crippen LogP contribution in [0, 0.1) is 6.92 Å². The van der Waals surface area contributed by atoms with Crippen LogP contribution in [0.4, 0.5) is 0 Å². The maximum atomic E-state index is 12.1. The molecule has 0 aliphatic rings. The molecule has 1 aromatic carbocycles.